The van der Waals surface area contributed by atoms with Crippen molar-refractivity contribution >= 4 is 12.0 Å². The van der Waals surface area contributed by atoms with Gasteiger partial charge >= 0.3 is 6.09 Å². The first-order valence-corrected chi connectivity index (χ1v) is 11.7. The molecular formula is C25H32FN3O5. The maximum absolute atomic E-state index is 13.9. The molecule has 1 aromatic heterocycles. The fourth-order valence-electron chi connectivity index (χ4n) is 4.40. The maximum Gasteiger partial charge on any atom is 0.410 e. The highest BCUT2D eigenvalue weighted by molar-refractivity contribution is 5.92. The van der Waals surface area contributed by atoms with Crippen LogP contribution in [0.1, 0.15) is 61.3 Å². The monoisotopic (exact) mass is 473 g/mol. The number of piperidine rings is 1. The Bertz CT molecular complexity index is 1040. The van der Waals surface area contributed by atoms with Crippen LogP contribution in [-0.4, -0.2) is 53.5 Å². The van der Waals surface area contributed by atoms with Gasteiger partial charge in [0.2, 0.25) is 0 Å². The van der Waals surface area contributed by atoms with E-state index in [1.54, 1.807) is 11.0 Å². The van der Waals surface area contributed by atoms with Crippen LogP contribution >= 0.6 is 0 Å². The van der Waals surface area contributed by atoms with E-state index in [0.717, 1.165) is 12.8 Å². The second kappa shape index (κ2) is 10.0. The zero-order valence-corrected chi connectivity index (χ0v) is 19.9. The molecule has 184 valence electrons. The zero-order valence-electron chi connectivity index (χ0n) is 19.9. The molecule has 4 rings (SSSR count). The van der Waals surface area contributed by atoms with Crippen molar-refractivity contribution in [3.8, 4) is 5.75 Å². The summed E-state index contributed by atoms with van der Waals surface area (Å²) in [5.41, 5.74) is 1.44. The third-order valence-corrected chi connectivity index (χ3v) is 5.95. The van der Waals surface area contributed by atoms with Gasteiger partial charge in [-0.2, -0.15) is 0 Å². The molecule has 1 aromatic carbocycles. The van der Waals surface area contributed by atoms with Gasteiger partial charge in [0.1, 0.15) is 22.9 Å². The average molecular weight is 474 g/mol. The summed E-state index contributed by atoms with van der Waals surface area (Å²) in [4.78, 5) is 26.9. The molecule has 3 heterocycles. The number of carbonyl (C=O) groups is 2. The largest absolute Gasteiger partial charge is 0.467 e. The van der Waals surface area contributed by atoms with Crippen LogP contribution in [0.5, 0.6) is 5.75 Å². The molecule has 8 nitrogen and oxygen atoms in total. The first-order valence-electron chi connectivity index (χ1n) is 11.7. The number of amides is 2. The van der Waals surface area contributed by atoms with Gasteiger partial charge in [-0.05, 0) is 69.9 Å². The molecule has 2 aliphatic rings. The second-order valence-corrected chi connectivity index (χ2v) is 9.67. The Morgan fingerprint density at radius 3 is 2.74 bits per heavy atom. The summed E-state index contributed by atoms with van der Waals surface area (Å²) in [6, 6.07) is 6.62. The molecule has 0 bridgehead atoms. The number of hydrogen-bond donors (Lipinski definition) is 1. The number of halogens is 1. The molecule has 2 amide bonds. The van der Waals surface area contributed by atoms with Gasteiger partial charge in [0.05, 0.1) is 6.61 Å². The molecular weight excluding hydrogens is 441 g/mol. The molecule has 0 spiro atoms. The van der Waals surface area contributed by atoms with Crippen molar-refractivity contribution in [1.29, 1.82) is 0 Å². The number of hydrogen-bond acceptors (Lipinski definition) is 5. The van der Waals surface area contributed by atoms with Crippen LogP contribution in [-0.2, 0) is 22.5 Å². The Labute approximate surface area is 199 Å². The molecule has 9 heteroatoms. The quantitative estimate of drug-likeness (QED) is 0.709. The average Bonchev–Trinajstić information content (AvgIpc) is 3.28. The summed E-state index contributed by atoms with van der Waals surface area (Å²) in [7, 11) is 0. The predicted octanol–water partition coefficient (Wildman–Crippen LogP) is 4.04. The van der Waals surface area contributed by atoms with Crippen molar-refractivity contribution in [2.45, 2.75) is 58.3 Å². The molecule has 1 saturated heterocycles. The number of likely N-dealkylation sites (tertiary alicyclic amines) is 1. The smallest absolute Gasteiger partial charge is 0.410 e. The predicted molar refractivity (Wildman–Crippen MR) is 123 cm³/mol. The van der Waals surface area contributed by atoms with Crippen LogP contribution in [0, 0.1) is 5.82 Å². The highest BCUT2D eigenvalue weighted by Crippen LogP contribution is 2.30. The Balaban J connectivity index is 1.32. The van der Waals surface area contributed by atoms with Crippen molar-refractivity contribution < 1.29 is 28.2 Å². The zero-order chi connectivity index (χ0) is 24.3. The van der Waals surface area contributed by atoms with Crippen molar-refractivity contribution in [3.05, 3.63) is 53.1 Å². The first-order chi connectivity index (χ1) is 16.2. The first kappa shape index (κ1) is 24.1. The van der Waals surface area contributed by atoms with E-state index in [0.29, 0.717) is 55.2 Å². The Morgan fingerprint density at radius 2 is 2.00 bits per heavy atom. The van der Waals surface area contributed by atoms with Gasteiger partial charge in [0, 0.05) is 37.4 Å². The van der Waals surface area contributed by atoms with Crippen molar-refractivity contribution in [2.75, 3.05) is 26.4 Å². The fraction of sp³-hybridized carbons (Fsp3) is 0.520. The van der Waals surface area contributed by atoms with E-state index in [9.17, 15) is 14.0 Å². The lowest BCUT2D eigenvalue weighted by atomic mass is 10.0. The number of rotatable bonds is 5. The van der Waals surface area contributed by atoms with Crippen molar-refractivity contribution in [1.82, 2.24) is 14.8 Å². The third kappa shape index (κ3) is 5.70. The van der Waals surface area contributed by atoms with Crippen LogP contribution in [0.25, 0.3) is 0 Å². The van der Waals surface area contributed by atoms with Gasteiger partial charge in [0.25, 0.3) is 5.91 Å². The van der Waals surface area contributed by atoms with Gasteiger partial charge in [-0.1, -0.05) is 0 Å². The molecule has 0 radical (unpaired) electrons. The van der Waals surface area contributed by atoms with E-state index in [1.807, 2.05) is 37.6 Å². The number of fused-ring (bicyclic) bond motifs is 1. The van der Waals surface area contributed by atoms with E-state index < -0.39 is 5.60 Å². The van der Waals surface area contributed by atoms with E-state index in [2.05, 4.69) is 5.32 Å². The summed E-state index contributed by atoms with van der Waals surface area (Å²) < 4.78 is 32.2. The Hall–Kier alpha value is -3.07. The van der Waals surface area contributed by atoms with Crippen LogP contribution in [0.2, 0.25) is 0 Å². The molecule has 34 heavy (non-hydrogen) atoms. The number of nitrogens with one attached hydrogen (secondary N) is 1. The minimum Gasteiger partial charge on any atom is -0.467 e. The topological polar surface area (TPSA) is 82.0 Å². The standard InChI is InChI=1S/C25H32FN3O5/c1-25(2,3)34-24(31)28-11-7-20(8-12-28)29-10-4-5-21(29)23(30)27-9-6-17-13-19(26)14-18-15-32-16-33-22(17)18/h4-5,10,13-14,20H,6-9,11-12,15-16H2,1-3H3,(H,27,30). The van der Waals surface area contributed by atoms with Crippen LogP contribution in [0.3, 0.4) is 0 Å². The van der Waals surface area contributed by atoms with E-state index >= 15 is 0 Å². The summed E-state index contributed by atoms with van der Waals surface area (Å²) in [6.45, 7) is 7.51. The molecule has 1 fully saturated rings. The summed E-state index contributed by atoms with van der Waals surface area (Å²) >= 11 is 0. The minimum atomic E-state index is -0.523. The number of ether oxygens (including phenoxy) is 3. The summed E-state index contributed by atoms with van der Waals surface area (Å²) in [5, 5.41) is 2.94. The fourth-order valence-corrected chi connectivity index (χ4v) is 4.40. The van der Waals surface area contributed by atoms with Gasteiger partial charge in [-0.3, -0.25) is 4.79 Å². The summed E-state index contributed by atoms with van der Waals surface area (Å²) in [6.07, 6.45) is 3.53. The second-order valence-electron chi connectivity index (χ2n) is 9.67. The van der Waals surface area contributed by atoms with Crippen molar-refractivity contribution in [2.24, 2.45) is 0 Å². The van der Waals surface area contributed by atoms with Gasteiger partial charge in [0.15, 0.2) is 6.79 Å². The molecule has 0 unspecified atom stereocenters. The minimum absolute atomic E-state index is 0.123. The highest BCUT2D eigenvalue weighted by Gasteiger charge is 2.28. The SMILES string of the molecule is CC(C)(C)OC(=O)N1CCC(n2cccc2C(=O)NCCc2cc(F)cc3c2OCOC3)CC1. The van der Waals surface area contributed by atoms with Crippen LogP contribution in [0.4, 0.5) is 9.18 Å². The highest BCUT2D eigenvalue weighted by atomic mass is 19.1. The molecule has 2 aromatic rings. The van der Waals surface area contributed by atoms with Crippen LogP contribution < -0.4 is 10.1 Å². The van der Waals surface area contributed by atoms with Gasteiger partial charge < -0.3 is 29.0 Å². The molecule has 0 aliphatic carbocycles. The number of carbonyl (C=O) groups excluding carboxylic acids is 2. The van der Waals surface area contributed by atoms with E-state index in [1.165, 1.54) is 12.1 Å². The molecule has 0 saturated carbocycles. The number of benzene rings is 1. The number of aromatic nitrogens is 1. The lowest BCUT2D eigenvalue weighted by molar-refractivity contribution is -0.0172. The Kier molecular flexibility index (Phi) is 7.11. The summed E-state index contributed by atoms with van der Waals surface area (Å²) in [5.74, 6) is 0.108. The van der Waals surface area contributed by atoms with Gasteiger partial charge in [-0.15, -0.1) is 0 Å². The molecule has 0 atom stereocenters. The lowest BCUT2D eigenvalue weighted by Crippen LogP contribution is -2.42. The van der Waals surface area contributed by atoms with Gasteiger partial charge in [-0.25, -0.2) is 9.18 Å². The third-order valence-electron chi connectivity index (χ3n) is 5.95. The van der Waals surface area contributed by atoms with Crippen molar-refractivity contribution in [3.63, 3.8) is 0 Å². The van der Waals surface area contributed by atoms with E-state index in [4.69, 9.17) is 14.2 Å². The Morgan fingerprint density at radius 1 is 1.24 bits per heavy atom. The molecule has 1 N–H and O–H groups in total. The number of nitrogens with zero attached hydrogens (tertiary/aromatic N) is 2. The lowest BCUT2D eigenvalue weighted by Gasteiger charge is -2.34. The normalized spacial score (nSPS) is 16.5. The van der Waals surface area contributed by atoms with E-state index in [-0.39, 0.29) is 30.7 Å². The maximum atomic E-state index is 13.9. The van der Waals surface area contributed by atoms with Crippen LogP contribution in [0.15, 0.2) is 30.5 Å². The molecule has 2 aliphatic heterocycles.